The van der Waals surface area contributed by atoms with E-state index in [1.807, 2.05) is 19.2 Å². The average Bonchev–Trinajstić information content (AvgIpc) is 2.37. The van der Waals surface area contributed by atoms with Crippen molar-refractivity contribution in [2.45, 2.75) is 6.92 Å². The van der Waals surface area contributed by atoms with Crippen molar-refractivity contribution in [2.75, 3.05) is 36.5 Å². The molecular formula is C11H15ClN4O. The van der Waals surface area contributed by atoms with Gasteiger partial charge in [0, 0.05) is 19.2 Å². The van der Waals surface area contributed by atoms with E-state index < -0.39 is 0 Å². The topological polar surface area (TPSA) is 50.3 Å². The largest absolute Gasteiger partial charge is 0.378 e. The van der Waals surface area contributed by atoms with Crippen LogP contribution in [0, 0.1) is 0 Å². The number of nitrogens with one attached hydrogen (secondary N) is 1. The Kier molecular flexibility index (Phi) is 4.17. The Morgan fingerprint density at radius 3 is 2.88 bits per heavy atom. The maximum Gasteiger partial charge on any atom is 0.228 e. The highest BCUT2D eigenvalue weighted by Gasteiger charge is 2.14. The van der Waals surface area contributed by atoms with Crippen molar-refractivity contribution in [3.63, 3.8) is 0 Å². The molecule has 1 N–H and O–H groups in total. The number of morpholine rings is 1. The van der Waals surface area contributed by atoms with Crippen molar-refractivity contribution in [3.05, 3.63) is 23.5 Å². The quantitative estimate of drug-likeness (QED) is 0.835. The number of nitrogens with zero attached hydrogens (tertiary/aromatic N) is 3. The molecule has 0 amide bonds. The Hall–Kier alpha value is -1.33. The molecule has 6 heteroatoms. The maximum atomic E-state index is 5.98. The number of rotatable bonds is 3. The lowest BCUT2D eigenvalue weighted by atomic mass is 10.4. The van der Waals surface area contributed by atoms with Crippen LogP contribution in [-0.4, -0.2) is 36.3 Å². The molecule has 0 atom stereocenters. The molecule has 1 aliphatic rings. The first-order chi connectivity index (χ1) is 8.29. The molecule has 5 nitrogen and oxygen atoms in total. The first kappa shape index (κ1) is 12.1. The molecule has 0 radical (unpaired) electrons. The van der Waals surface area contributed by atoms with Gasteiger partial charge in [0.1, 0.15) is 11.0 Å². The molecule has 0 unspecified atom stereocenters. The third-order valence-corrected chi connectivity index (χ3v) is 2.57. The van der Waals surface area contributed by atoms with E-state index in [1.54, 1.807) is 6.07 Å². The fourth-order valence-corrected chi connectivity index (χ4v) is 1.73. The van der Waals surface area contributed by atoms with Crippen LogP contribution in [0.3, 0.4) is 0 Å². The molecular weight excluding hydrogens is 240 g/mol. The summed E-state index contributed by atoms with van der Waals surface area (Å²) in [5.74, 6) is 1.34. The van der Waals surface area contributed by atoms with E-state index in [9.17, 15) is 0 Å². The Labute approximate surface area is 105 Å². The molecule has 0 aromatic carbocycles. The smallest absolute Gasteiger partial charge is 0.228 e. The number of halogens is 1. The third-order valence-electron chi connectivity index (χ3n) is 2.37. The van der Waals surface area contributed by atoms with Gasteiger partial charge in [-0.25, -0.2) is 4.98 Å². The first-order valence-electron chi connectivity index (χ1n) is 5.54. The van der Waals surface area contributed by atoms with Crippen LogP contribution in [0.4, 0.5) is 11.8 Å². The molecule has 1 saturated heterocycles. The summed E-state index contributed by atoms with van der Waals surface area (Å²) in [6.45, 7) is 4.92. The normalized spacial score (nSPS) is 16.5. The molecule has 1 fully saturated rings. The van der Waals surface area contributed by atoms with Gasteiger partial charge in [0.2, 0.25) is 5.95 Å². The predicted molar refractivity (Wildman–Crippen MR) is 68.5 cm³/mol. The molecule has 17 heavy (non-hydrogen) atoms. The van der Waals surface area contributed by atoms with Crippen molar-refractivity contribution in [3.8, 4) is 0 Å². The standard InChI is InChI=1S/C11H15ClN4O/c1-2-3-13-10-8-9(12)14-11(15-10)16-4-6-17-7-5-16/h2-3,8H,4-7H2,1H3,(H,13,14,15)/b3-2-. The second-order valence-electron chi connectivity index (χ2n) is 3.62. The van der Waals surface area contributed by atoms with E-state index in [0.717, 1.165) is 13.1 Å². The van der Waals surface area contributed by atoms with Crippen LogP contribution in [0.25, 0.3) is 0 Å². The minimum atomic E-state index is 0.438. The van der Waals surface area contributed by atoms with E-state index in [-0.39, 0.29) is 0 Å². The summed E-state index contributed by atoms with van der Waals surface area (Å²) >= 11 is 5.98. The summed E-state index contributed by atoms with van der Waals surface area (Å²) in [7, 11) is 0. The Balaban J connectivity index is 2.17. The summed E-state index contributed by atoms with van der Waals surface area (Å²) in [6, 6.07) is 1.70. The zero-order valence-corrected chi connectivity index (χ0v) is 10.4. The number of allylic oxidation sites excluding steroid dienone is 1. The number of aromatic nitrogens is 2. The van der Waals surface area contributed by atoms with Crippen LogP contribution >= 0.6 is 11.6 Å². The fourth-order valence-electron chi connectivity index (χ4n) is 1.55. The average molecular weight is 255 g/mol. The zero-order valence-electron chi connectivity index (χ0n) is 9.69. The molecule has 1 aromatic heterocycles. The van der Waals surface area contributed by atoms with Gasteiger partial charge < -0.3 is 15.0 Å². The summed E-state index contributed by atoms with van der Waals surface area (Å²) in [6.07, 6.45) is 3.70. The summed E-state index contributed by atoms with van der Waals surface area (Å²) in [5.41, 5.74) is 0. The highest BCUT2D eigenvalue weighted by Crippen LogP contribution is 2.18. The van der Waals surface area contributed by atoms with Crippen molar-refractivity contribution >= 4 is 23.4 Å². The SMILES string of the molecule is C/C=C\Nc1cc(Cl)nc(N2CCOCC2)n1. The molecule has 1 aliphatic heterocycles. The lowest BCUT2D eigenvalue weighted by Crippen LogP contribution is -2.37. The number of ether oxygens (including phenoxy) is 1. The molecule has 0 bridgehead atoms. The zero-order chi connectivity index (χ0) is 12.1. The highest BCUT2D eigenvalue weighted by atomic mass is 35.5. The Morgan fingerprint density at radius 1 is 1.41 bits per heavy atom. The van der Waals surface area contributed by atoms with E-state index in [0.29, 0.717) is 30.1 Å². The van der Waals surface area contributed by atoms with Gasteiger partial charge in [-0.2, -0.15) is 4.98 Å². The molecule has 2 heterocycles. The second kappa shape index (κ2) is 5.84. The van der Waals surface area contributed by atoms with E-state index in [4.69, 9.17) is 16.3 Å². The summed E-state index contributed by atoms with van der Waals surface area (Å²) in [5, 5.41) is 3.48. The van der Waals surface area contributed by atoms with Gasteiger partial charge in [0.25, 0.3) is 0 Å². The molecule has 1 aromatic rings. The van der Waals surface area contributed by atoms with Crippen LogP contribution in [0.1, 0.15) is 6.92 Å². The number of anilines is 2. The van der Waals surface area contributed by atoms with Crippen LogP contribution in [0.15, 0.2) is 18.3 Å². The lowest BCUT2D eigenvalue weighted by molar-refractivity contribution is 0.122. The van der Waals surface area contributed by atoms with Crippen molar-refractivity contribution < 1.29 is 4.74 Å². The van der Waals surface area contributed by atoms with Crippen molar-refractivity contribution in [2.24, 2.45) is 0 Å². The maximum absolute atomic E-state index is 5.98. The van der Waals surface area contributed by atoms with Crippen molar-refractivity contribution in [1.29, 1.82) is 0 Å². The molecule has 0 saturated carbocycles. The number of hydrogen-bond donors (Lipinski definition) is 1. The van der Waals surface area contributed by atoms with Crippen LogP contribution in [0.5, 0.6) is 0 Å². The summed E-state index contributed by atoms with van der Waals surface area (Å²) in [4.78, 5) is 10.7. The second-order valence-corrected chi connectivity index (χ2v) is 4.01. The third kappa shape index (κ3) is 3.31. The molecule has 0 aliphatic carbocycles. The van der Waals surface area contributed by atoms with Gasteiger partial charge in [-0.05, 0) is 13.1 Å². The van der Waals surface area contributed by atoms with Gasteiger partial charge in [0.05, 0.1) is 13.2 Å². The first-order valence-corrected chi connectivity index (χ1v) is 5.92. The molecule has 92 valence electrons. The van der Waals surface area contributed by atoms with Gasteiger partial charge in [-0.15, -0.1) is 0 Å². The van der Waals surface area contributed by atoms with Crippen molar-refractivity contribution in [1.82, 2.24) is 9.97 Å². The minimum absolute atomic E-state index is 0.438. The van der Waals surface area contributed by atoms with Crippen LogP contribution in [-0.2, 0) is 4.74 Å². The Morgan fingerprint density at radius 2 is 2.18 bits per heavy atom. The van der Waals surface area contributed by atoms with Crippen LogP contribution in [0.2, 0.25) is 5.15 Å². The van der Waals surface area contributed by atoms with E-state index in [2.05, 4.69) is 20.2 Å². The van der Waals surface area contributed by atoms with Gasteiger partial charge in [-0.3, -0.25) is 0 Å². The highest BCUT2D eigenvalue weighted by molar-refractivity contribution is 6.29. The number of hydrogen-bond acceptors (Lipinski definition) is 5. The van der Waals surface area contributed by atoms with Gasteiger partial charge >= 0.3 is 0 Å². The van der Waals surface area contributed by atoms with E-state index in [1.165, 1.54) is 0 Å². The lowest BCUT2D eigenvalue weighted by Gasteiger charge is -2.26. The minimum Gasteiger partial charge on any atom is -0.378 e. The Bertz CT molecular complexity index is 404. The summed E-state index contributed by atoms with van der Waals surface area (Å²) < 4.78 is 5.29. The van der Waals surface area contributed by atoms with Gasteiger partial charge in [0.15, 0.2) is 0 Å². The molecule has 0 spiro atoms. The van der Waals surface area contributed by atoms with Crippen LogP contribution < -0.4 is 10.2 Å². The van der Waals surface area contributed by atoms with E-state index >= 15 is 0 Å². The monoisotopic (exact) mass is 254 g/mol. The fraction of sp³-hybridized carbons (Fsp3) is 0.455. The predicted octanol–water partition coefficient (Wildman–Crippen LogP) is 1.91. The molecule has 2 rings (SSSR count). The van der Waals surface area contributed by atoms with Gasteiger partial charge in [-0.1, -0.05) is 17.7 Å².